The molecule has 0 aliphatic rings. The Bertz CT molecular complexity index is 685. The van der Waals surface area contributed by atoms with Crippen molar-refractivity contribution in [3.8, 4) is 0 Å². The fourth-order valence-corrected chi connectivity index (χ4v) is 3.04. The smallest absolute Gasteiger partial charge is 0.237 e. The molecular weight excluding hydrogens is 296 g/mol. The molecule has 5 heteroatoms. The monoisotopic (exact) mass is 316 g/mol. The van der Waals surface area contributed by atoms with Gasteiger partial charge in [0.2, 0.25) is 11.8 Å². The zero-order valence-corrected chi connectivity index (χ0v) is 13.6. The average molecular weight is 316 g/mol. The molecule has 0 aliphatic carbocycles. The number of carbonyl (C=O) groups excluding carboxylic acids is 2. The van der Waals surface area contributed by atoms with Gasteiger partial charge in [-0.05, 0) is 36.8 Å². The highest BCUT2D eigenvalue weighted by molar-refractivity contribution is 8.00. The molecule has 2 aromatic carbocycles. The lowest BCUT2D eigenvalue weighted by Gasteiger charge is -2.25. The lowest BCUT2D eigenvalue weighted by molar-refractivity contribution is -0.134. The van der Waals surface area contributed by atoms with Gasteiger partial charge in [-0.25, -0.2) is 0 Å². The van der Waals surface area contributed by atoms with Crippen LogP contribution in [0.4, 0.5) is 0 Å². The van der Waals surface area contributed by atoms with E-state index < -0.39 is 5.91 Å². The second kappa shape index (κ2) is 7.31. The van der Waals surface area contributed by atoms with E-state index in [4.69, 9.17) is 5.73 Å². The van der Waals surface area contributed by atoms with Crippen LogP contribution in [-0.4, -0.2) is 35.1 Å². The predicted octanol–water partition coefficient (Wildman–Crippen LogP) is 2.65. The zero-order valence-electron chi connectivity index (χ0n) is 12.8. The molecule has 0 aromatic heterocycles. The summed E-state index contributed by atoms with van der Waals surface area (Å²) >= 11 is 1.47. The molecule has 2 rings (SSSR count). The van der Waals surface area contributed by atoms with E-state index in [-0.39, 0.29) is 18.5 Å². The Morgan fingerprint density at radius 3 is 2.45 bits per heavy atom. The van der Waals surface area contributed by atoms with Gasteiger partial charge in [-0.3, -0.25) is 9.59 Å². The van der Waals surface area contributed by atoms with Crippen LogP contribution in [0, 0.1) is 0 Å². The normalized spacial score (nSPS) is 10.9. The van der Waals surface area contributed by atoms with Gasteiger partial charge in [0.1, 0.15) is 0 Å². The first kappa shape index (κ1) is 16.4. The molecule has 0 saturated heterocycles. The summed E-state index contributed by atoms with van der Waals surface area (Å²) in [5.41, 5.74) is 5.20. The minimum atomic E-state index is -0.488. The highest BCUT2D eigenvalue weighted by Crippen LogP contribution is 2.24. The van der Waals surface area contributed by atoms with Crippen molar-refractivity contribution in [3.63, 3.8) is 0 Å². The minimum absolute atomic E-state index is 0.0330. The van der Waals surface area contributed by atoms with Crippen LogP contribution in [0.25, 0.3) is 10.8 Å². The molecule has 4 nitrogen and oxygen atoms in total. The van der Waals surface area contributed by atoms with Crippen molar-refractivity contribution in [3.05, 3.63) is 42.5 Å². The minimum Gasteiger partial charge on any atom is -0.368 e. The summed E-state index contributed by atoms with van der Waals surface area (Å²) in [6, 6.07) is 14.2. The number of benzene rings is 2. The van der Waals surface area contributed by atoms with Gasteiger partial charge in [0.05, 0.1) is 12.3 Å². The van der Waals surface area contributed by atoms with Gasteiger partial charge in [0, 0.05) is 10.9 Å². The van der Waals surface area contributed by atoms with E-state index in [0.29, 0.717) is 5.75 Å². The molecule has 2 N–H and O–H groups in total. The van der Waals surface area contributed by atoms with Crippen LogP contribution in [0.15, 0.2) is 47.4 Å². The number of hydrogen-bond donors (Lipinski definition) is 1. The molecule has 0 heterocycles. The molecule has 2 aromatic rings. The Kier molecular flexibility index (Phi) is 5.44. The molecule has 2 amide bonds. The summed E-state index contributed by atoms with van der Waals surface area (Å²) in [6.45, 7) is 3.72. The highest BCUT2D eigenvalue weighted by atomic mass is 32.2. The molecule has 0 aliphatic heterocycles. The second-order valence-corrected chi connectivity index (χ2v) is 6.43. The van der Waals surface area contributed by atoms with Gasteiger partial charge in [-0.1, -0.05) is 30.3 Å². The molecule has 0 radical (unpaired) electrons. The van der Waals surface area contributed by atoms with E-state index in [2.05, 4.69) is 18.2 Å². The van der Waals surface area contributed by atoms with Crippen molar-refractivity contribution in [2.45, 2.75) is 24.8 Å². The van der Waals surface area contributed by atoms with E-state index in [0.717, 1.165) is 10.3 Å². The fraction of sp³-hybridized carbons (Fsp3) is 0.294. The Morgan fingerprint density at radius 1 is 1.14 bits per heavy atom. The van der Waals surface area contributed by atoms with Gasteiger partial charge >= 0.3 is 0 Å². The first-order valence-electron chi connectivity index (χ1n) is 7.16. The summed E-state index contributed by atoms with van der Waals surface area (Å²) in [7, 11) is 0. The first-order valence-corrected chi connectivity index (χ1v) is 8.15. The number of amides is 2. The SMILES string of the molecule is CC(C)N(CC(N)=O)C(=O)CSc1ccc2ccccc2c1. The van der Waals surface area contributed by atoms with Gasteiger partial charge in [-0.15, -0.1) is 11.8 Å². The van der Waals surface area contributed by atoms with Crippen molar-refractivity contribution < 1.29 is 9.59 Å². The average Bonchev–Trinajstić information content (AvgIpc) is 2.49. The first-order chi connectivity index (χ1) is 10.5. The topological polar surface area (TPSA) is 63.4 Å². The molecule has 0 spiro atoms. The Hall–Kier alpha value is -2.01. The summed E-state index contributed by atoms with van der Waals surface area (Å²) in [5.74, 6) is -0.270. The highest BCUT2D eigenvalue weighted by Gasteiger charge is 2.18. The molecule has 0 bridgehead atoms. The number of rotatable bonds is 6. The van der Waals surface area contributed by atoms with Crippen molar-refractivity contribution in [2.75, 3.05) is 12.3 Å². The third kappa shape index (κ3) is 4.24. The lowest BCUT2D eigenvalue weighted by Crippen LogP contribution is -2.43. The summed E-state index contributed by atoms with van der Waals surface area (Å²) in [6.07, 6.45) is 0. The lowest BCUT2D eigenvalue weighted by atomic mass is 10.1. The number of nitrogens with zero attached hydrogens (tertiary/aromatic N) is 1. The largest absolute Gasteiger partial charge is 0.368 e. The van der Waals surface area contributed by atoms with Gasteiger partial charge in [0.25, 0.3) is 0 Å². The molecule has 116 valence electrons. The van der Waals surface area contributed by atoms with Crippen molar-refractivity contribution in [2.24, 2.45) is 5.73 Å². The zero-order chi connectivity index (χ0) is 16.1. The van der Waals surface area contributed by atoms with Crippen LogP contribution < -0.4 is 5.73 Å². The van der Waals surface area contributed by atoms with Crippen LogP contribution in [0.5, 0.6) is 0 Å². The van der Waals surface area contributed by atoms with Crippen LogP contribution in [0.3, 0.4) is 0 Å². The van der Waals surface area contributed by atoms with Crippen molar-refractivity contribution in [1.29, 1.82) is 0 Å². The van der Waals surface area contributed by atoms with E-state index in [1.807, 2.05) is 38.1 Å². The Labute approximate surface area is 134 Å². The molecular formula is C17H20N2O2S. The van der Waals surface area contributed by atoms with Crippen LogP contribution >= 0.6 is 11.8 Å². The van der Waals surface area contributed by atoms with Crippen molar-refractivity contribution >= 4 is 34.3 Å². The third-order valence-corrected chi connectivity index (χ3v) is 4.33. The van der Waals surface area contributed by atoms with Crippen LogP contribution in [0.1, 0.15) is 13.8 Å². The van der Waals surface area contributed by atoms with Crippen LogP contribution in [-0.2, 0) is 9.59 Å². The van der Waals surface area contributed by atoms with Gasteiger partial charge in [-0.2, -0.15) is 0 Å². The van der Waals surface area contributed by atoms with Crippen molar-refractivity contribution in [1.82, 2.24) is 4.90 Å². The predicted molar refractivity (Wildman–Crippen MR) is 90.7 cm³/mol. The number of nitrogens with two attached hydrogens (primary N) is 1. The number of hydrogen-bond acceptors (Lipinski definition) is 3. The molecule has 22 heavy (non-hydrogen) atoms. The van der Waals surface area contributed by atoms with E-state index >= 15 is 0 Å². The fourth-order valence-electron chi connectivity index (χ4n) is 2.21. The number of carbonyl (C=O) groups is 2. The summed E-state index contributed by atoms with van der Waals surface area (Å²) in [5, 5.41) is 2.33. The summed E-state index contributed by atoms with van der Waals surface area (Å²) in [4.78, 5) is 25.9. The van der Waals surface area contributed by atoms with E-state index in [1.54, 1.807) is 0 Å². The van der Waals surface area contributed by atoms with Gasteiger partial charge in [0.15, 0.2) is 0 Å². The summed E-state index contributed by atoms with van der Waals surface area (Å²) < 4.78 is 0. The molecule has 0 saturated carbocycles. The number of primary amides is 1. The maximum atomic E-state index is 12.3. The quantitative estimate of drug-likeness (QED) is 0.833. The molecule has 0 unspecified atom stereocenters. The Balaban J connectivity index is 2.03. The Morgan fingerprint density at radius 2 is 1.82 bits per heavy atom. The van der Waals surface area contributed by atoms with E-state index in [1.165, 1.54) is 22.0 Å². The second-order valence-electron chi connectivity index (χ2n) is 5.38. The van der Waals surface area contributed by atoms with E-state index in [9.17, 15) is 9.59 Å². The van der Waals surface area contributed by atoms with Crippen LogP contribution in [0.2, 0.25) is 0 Å². The third-order valence-electron chi connectivity index (χ3n) is 3.35. The molecule has 0 fully saturated rings. The maximum Gasteiger partial charge on any atom is 0.237 e. The number of fused-ring (bicyclic) bond motifs is 1. The molecule has 0 atom stereocenters. The number of thioether (sulfide) groups is 1. The van der Waals surface area contributed by atoms with Gasteiger partial charge < -0.3 is 10.6 Å². The maximum absolute atomic E-state index is 12.3. The standard InChI is InChI=1S/C17H20N2O2S/c1-12(2)19(10-16(18)20)17(21)11-22-15-8-7-13-5-3-4-6-14(13)9-15/h3-9,12H,10-11H2,1-2H3,(H2,18,20).